The van der Waals surface area contributed by atoms with Gasteiger partial charge in [-0.2, -0.15) is 0 Å². The molecule has 1 N–H and O–H groups in total. The lowest BCUT2D eigenvalue weighted by Crippen LogP contribution is -2.25. The Balaban J connectivity index is 1.92. The van der Waals surface area contributed by atoms with Crippen molar-refractivity contribution in [1.29, 1.82) is 0 Å². The van der Waals surface area contributed by atoms with Crippen LogP contribution in [-0.4, -0.2) is 23.3 Å². The van der Waals surface area contributed by atoms with Gasteiger partial charge in [-0.05, 0) is 19.3 Å². The summed E-state index contributed by atoms with van der Waals surface area (Å²) in [5, 5.41) is 0. The Bertz CT molecular complexity index is 549. The van der Waals surface area contributed by atoms with Gasteiger partial charge >= 0.3 is 0 Å². The van der Waals surface area contributed by atoms with Gasteiger partial charge in [-0.3, -0.25) is 14.4 Å². The number of hydrogen-bond donors (Lipinski definition) is 1. The maximum absolute atomic E-state index is 12.0. The number of amides is 1. The van der Waals surface area contributed by atoms with Crippen LogP contribution in [-0.2, 0) is 9.63 Å². The Morgan fingerprint density at radius 3 is 2.76 bits per heavy atom. The number of oxazole rings is 1. The van der Waals surface area contributed by atoms with Crippen molar-refractivity contribution >= 4 is 11.7 Å². The fourth-order valence-electron chi connectivity index (χ4n) is 3.50. The van der Waals surface area contributed by atoms with Gasteiger partial charge in [0.2, 0.25) is 5.91 Å². The van der Waals surface area contributed by atoms with E-state index in [2.05, 4.69) is 10.5 Å². The van der Waals surface area contributed by atoms with Crippen molar-refractivity contribution in [3.05, 3.63) is 17.8 Å². The van der Waals surface area contributed by atoms with Crippen LogP contribution in [0.2, 0.25) is 0 Å². The molecule has 0 aliphatic heterocycles. The van der Waals surface area contributed by atoms with E-state index in [9.17, 15) is 9.59 Å². The van der Waals surface area contributed by atoms with Gasteiger partial charge in [0.1, 0.15) is 12.0 Å². The molecule has 0 saturated heterocycles. The van der Waals surface area contributed by atoms with Crippen LogP contribution in [0.4, 0.5) is 0 Å². The zero-order valence-electron chi connectivity index (χ0n) is 15.4. The molecule has 0 unspecified atom stereocenters. The maximum Gasteiger partial charge on any atom is 0.244 e. The molecular weight excluding hydrogens is 320 g/mol. The van der Waals surface area contributed by atoms with Gasteiger partial charge < -0.3 is 4.42 Å². The molecule has 0 spiro atoms. The number of ketones is 1. The molecule has 1 fully saturated rings. The van der Waals surface area contributed by atoms with Crippen molar-refractivity contribution in [2.75, 3.05) is 6.61 Å². The standard InChI is InChI=1S/C19H30N2O4/c1-3-25-21-18(23)12-16(19-20-17(13-24-19)14(2)22)11-7-10-15-8-5-4-6-9-15/h13,15-16H,3-12H2,1-2H3,(H,21,23)/t16-/m1/s1. The summed E-state index contributed by atoms with van der Waals surface area (Å²) in [6, 6.07) is 0. The largest absolute Gasteiger partial charge is 0.448 e. The van der Waals surface area contributed by atoms with E-state index in [4.69, 9.17) is 9.25 Å². The van der Waals surface area contributed by atoms with Crippen LogP contribution in [0.15, 0.2) is 10.7 Å². The molecule has 6 nitrogen and oxygen atoms in total. The summed E-state index contributed by atoms with van der Waals surface area (Å²) < 4.78 is 5.48. The molecule has 1 heterocycles. The normalized spacial score (nSPS) is 16.6. The summed E-state index contributed by atoms with van der Waals surface area (Å²) in [5.74, 6) is 0.837. The number of hydrogen-bond acceptors (Lipinski definition) is 5. The Labute approximate surface area is 149 Å². The zero-order valence-corrected chi connectivity index (χ0v) is 15.4. The average molecular weight is 350 g/mol. The highest BCUT2D eigenvalue weighted by Gasteiger charge is 2.23. The summed E-state index contributed by atoms with van der Waals surface area (Å²) in [5.41, 5.74) is 2.74. The van der Waals surface area contributed by atoms with Crippen molar-refractivity contribution in [2.45, 2.75) is 77.6 Å². The highest BCUT2D eigenvalue weighted by Crippen LogP contribution is 2.31. The van der Waals surface area contributed by atoms with Gasteiger partial charge in [0, 0.05) is 19.3 Å². The predicted octanol–water partition coefficient (Wildman–Crippen LogP) is 4.17. The molecular formula is C19H30N2O4. The van der Waals surface area contributed by atoms with E-state index in [1.54, 1.807) is 0 Å². The van der Waals surface area contributed by atoms with Gasteiger partial charge in [-0.15, -0.1) is 0 Å². The first-order valence-electron chi connectivity index (χ1n) is 9.47. The summed E-state index contributed by atoms with van der Waals surface area (Å²) in [6.07, 6.45) is 11.4. The van der Waals surface area contributed by atoms with Crippen LogP contribution in [0.3, 0.4) is 0 Å². The molecule has 0 radical (unpaired) electrons. The third-order valence-electron chi connectivity index (χ3n) is 4.88. The summed E-state index contributed by atoms with van der Waals surface area (Å²) >= 11 is 0. The lowest BCUT2D eigenvalue weighted by Gasteiger charge is -2.22. The molecule has 1 saturated carbocycles. The number of nitrogens with zero attached hydrogens (tertiary/aromatic N) is 1. The van der Waals surface area contributed by atoms with E-state index in [0.717, 1.165) is 18.8 Å². The number of Topliss-reactive ketones (excluding diaryl/α,β-unsaturated/α-hetero) is 1. The molecule has 1 amide bonds. The second-order valence-corrected chi connectivity index (χ2v) is 6.92. The number of hydroxylamine groups is 1. The molecule has 140 valence electrons. The van der Waals surface area contributed by atoms with E-state index >= 15 is 0 Å². The minimum Gasteiger partial charge on any atom is -0.448 e. The van der Waals surface area contributed by atoms with E-state index in [1.165, 1.54) is 51.7 Å². The fourth-order valence-corrected chi connectivity index (χ4v) is 3.50. The molecule has 2 rings (SSSR count). The molecule has 0 aromatic carbocycles. The number of carbonyl (C=O) groups excluding carboxylic acids is 2. The second kappa shape index (κ2) is 10.3. The van der Waals surface area contributed by atoms with Crippen molar-refractivity contribution < 1.29 is 18.8 Å². The predicted molar refractivity (Wildman–Crippen MR) is 94.1 cm³/mol. The summed E-state index contributed by atoms with van der Waals surface area (Å²) in [6.45, 7) is 3.70. The quantitative estimate of drug-likeness (QED) is 0.506. The van der Waals surface area contributed by atoms with Gasteiger partial charge in [0.25, 0.3) is 0 Å². The molecule has 1 atom stereocenters. The fraction of sp³-hybridized carbons (Fsp3) is 0.737. The lowest BCUT2D eigenvalue weighted by molar-refractivity contribution is -0.133. The number of nitrogens with one attached hydrogen (secondary N) is 1. The third kappa shape index (κ3) is 6.61. The van der Waals surface area contributed by atoms with Crippen LogP contribution < -0.4 is 5.48 Å². The topological polar surface area (TPSA) is 81.4 Å². The van der Waals surface area contributed by atoms with Gasteiger partial charge in [-0.1, -0.05) is 44.9 Å². The number of rotatable bonds is 10. The number of carbonyl (C=O) groups is 2. The van der Waals surface area contributed by atoms with Crippen LogP contribution >= 0.6 is 0 Å². The molecule has 25 heavy (non-hydrogen) atoms. The van der Waals surface area contributed by atoms with Crippen molar-refractivity contribution in [2.24, 2.45) is 5.92 Å². The first-order chi connectivity index (χ1) is 12.1. The van der Waals surface area contributed by atoms with Crippen LogP contribution in [0.1, 0.15) is 93.9 Å². The molecule has 1 aromatic rings. The van der Waals surface area contributed by atoms with E-state index in [1.807, 2.05) is 6.92 Å². The lowest BCUT2D eigenvalue weighted by atomic mass is 9.84. The molecule has 1 aliphatic carbocycles. The second-order valence-electron chi connectivity index (χ2n) is 6.92. The number of aromatic nitrogens is 1. The molecule has 1 aliphatic rings. The minimum absolute atomic E-state index is 0.128. The van der Waals surface area contributed by atoms with Gasteiger partial charge in [0.15, 0.2) is 11.7 Å². The Hall–Kier alpha value is -1.69. The van der Waals surface area contributed by atoms with E-state index in [0.29, 0.717) is 18.2 Å². The first kappa shape index (κ1) is 19.6. The SMILES string of the molecule is CCONC(=O)C[C@@H](CCCC1CCCCC1)c1nc(C(C)=O)co1. The Kier molecular flexibility index (Phi) is 8.12. The van der Waals surface area contributed by atoms with Crippen LogP contribution in [0.25, 0.3) is 0 Å². The van der Waals surface area contributed by atoms with E-state index < -0.39 is 0 Å². The Morgan fingerprint density at radius 2 is 2.12 bits per heavy atom. The molecule has 1 aromatic heterocycles. The van der Waals surface area contributed by atoms with E-state index in [-0.39, 0.29) is 24.0 Å². The van der Waals surface area contributed by atoms with Crippen molar-refractivity contribution in [1.82, 2.24) is 10.5 Å². The third-order valence-corrected chi connectivity index (χ3v) is 4.88. The van der Waals surface area contributed by atoms with Gasteiger partial charge in [0.05, 0.1) is 6.61 Å². The zero-order chi connectivity index (χ0) is 18.1. The van der Waals surface area contributed by atoms with Crippen molar-refractivity contribution in [3.8, 4) is 0 Å². The van der Waals surface area contributed by atoms with Crippen LogP contribution in [0, 0.1) is 5.92 Å². The highest BCUT2D eigenvalue weighted by molar-refractivity contribution is 5.91. The first-order valence-corrected chi connectivity index (χ1v) is 9.47. The minimum atomic E-state index is -0.188. The Morgan fingerprint density at radius 1 is 1.36 bits per heavy atom. The maximum atomic E-state index is 12.0. The highest BCUT2D eigenvalue weighted by atomic mass is 16.6. The smallest absolute Gasteiger partial charge is 0.244 e. The van der Waals surface area contributed by atoms with Crippen molar-refractivity contribution in [3.63, 3.8) is 0 Å². The monoisotopic (exact) mass is 350 g/mol. The van der Waals surface area contributed by atoms with Crippen LogP contribution in [0.5, 0.6) is 0 Å². The average Bonchev–Trinajstić information content (AvgIpc) is 3.10. The van der Waals surface area contributed by atoms with Gasteiger partial charge in [-0.25, -0.2) is 10.5 Å². The summed E-state index contributed by atoms with van der Waals surface area (Å²) in [7, 11) is 0. The molecule has 0 bridgehead atoms. The molecule has 6 heteroatoms. The summed E-state index contributed by atoms with van der Waals surface area (Å²) in [4.78, 5) is 32.7.